The summed E-state index contributed by atoms with van der Waals surface area (Å²) < 4.78 is 0.875. The van der Waals surface area contributed by atoms with E-state index in [9.17, 15) is 14.4 Å². The normalized spacial score (nSPS) is 11.4. The van der Waals surface area contributed by atoms with Gasteiger partial charge in [0.1, 0.15) is 0 Å². The van der Waals surface area contributed by atoms with Crippen LogP contribution in [0.3, 0.4) is 0 Å². The number of hydrogen-bond acceptors (Lipinski definition) is 4. The van der Waals surface area contributed by atoms with Crippen LogP contribution < -0.4 is 10.6 Å². The van der Waals surface area contributed by atoms with E-state index in [0.717, 1.165) is 4.47 Å². The molecule has 0 bridgehead atoms. The number of carbonyl (C=O) groups is 3. The Morgan fingerprint density at radius 2 is 1.76 bits per heavy atom. The topological polar surface area (TPSA) is 88.2 Å². The molecule has 1 heterocycles. The molecule has 2 N–H and O–H groups in total. The second-order valence-corrected chi connectivity index (χ2v) is 6.37. The highest BCUT2D eigenvalue weighted by Gasteiger charge is 2.17. The van der Waals surface area contributed by atoms with Gasteiger partial charge in [0.25, 0.3) is 0 Å². The fourth-order valence-corrected chi connectivity index (χ4v) is 2.39. The lowest BCUT2D eigenvalue weighted by atomic mass is 10.1. The standard InChI is InChI=1S/C18H18BrN3O3/c1-12(18(25)13-4-6-14(19)7-5-13)21-16(23)8-9-17(24)22-15-3-2-10-20-11-15/h2-7,10-12H,8-9H2,1H3,(H,21,23)(H,22,24)/t12-/m0/s1. The van der Waals surface area contributed by atoms with E-state index < -0.39 is 6.04 Å². The van der Waals surface area contributed by atoms with Crippen molar-refractivity contribution in [1.82, 2.24) is 10.3 Å². The first-order chi connectivity index (χ1) is 12.0. The number of carbonyl (C=O) groups excluding carboxylic acids is 3. The molecule has 1 atom stereocenters. The van der Waals surface area contributed by atoms with Crippen molar-refractivity contribution < 1.29 is 14.4 Å². The van der Waals surface area contributed by atoms with Crippen molar-refractivity contribution in [2.75, 3.05) is 5.32 Å². The van der Waals surface area contributed by atoms with Crippen LogP contribution in [0.2, 0.25) is 0 Å². The third kappa shape index (κ3) is 6.11. The number of anilines is 1. The van der Waals surface area contributed by atoms with E-state index in [4.69, 9.17) is 0 Å². The van der Waals surface area contributed by atoms with Crippen molar-refractivity contribution in [3.63, 3.8) is 0 Å². The van der Waals surface area contributed by atoms with E-state index in [2.05, 4.69) is 31.5 Å². The minimum atomic E-state index is -0.657. The first kappa shape index (κ1) is 18.8. The van der Waals surface area contributed by atoms with Gasteiger partial charge in [-0.3, -0.25) is 19.4 Å². The molecular formula is C18H18BrN3O3. The Bertz CT molecular complexity index is 748. The van der Waals surface area contributed by atoms with Gasteiger partial charge in [0.2, 0.25) is 11.8 Å². The van der Waals surface area contributed by atoms with Crippen LogP contribution in [0.15, 0.2) is 53.3 Å². The first-order valence-electron chi connectivity index (χ1n) is 7.74. The van der Waals surface area contributed by atoms with Crippen LogP contribution in [0.1, 0.15) is 30.1 Å². The molecule has 0 saturated carbocycles. The minimum Gasteiger partial charge on any atom is -0.346 e. The Labute approximate surface area is 154 Å². The average molecular weight is 404 g/mol. The van der Waals surface area contributed by atoms with Crippen LogP contribution in [-0.2, 0) is 9.59 Å². The Morgan fingerprint density at radius 3 is 2.40 bits per heavy atom. The summed E-state index contributed by atoms with van der Waals surface area (Å²) in [6, 6.07) is 9.68. The van der Waals surface area contributed by atoms with Crippen molar-refractivity contribution in [1.29, 1.82) is 0 Å². The predicted octanol–water partition coefficient (Wildman–Crippen LogP) is 2.95. The molecule has 0 aliphatic heterocycles. The van der Waals surface area contributed by atoms with Crippen molar-refractivity contribution in [3.8, 4) is 0 Å². The van der Waals surface area contributed by atoms with E-state index in [1.54, 1.807) is 49.5 Å². The fourth-order valence-electron chi connectivity index (χ4n) is 2.13. The summed E-state index contributed by atoms with van der Waals surface area (Å²) in [6.45, 7) is 1.62. The zero-order valence-corrected chi connectivity index (χ0v) is 15.2. The molecular weight excluding hydrogens is 386 g/mol. The lowest BCUT2D eigenvalue weighted by Gasteiger charge is -2.13. The monoisotopic (exact) mass is 403 g/mol. The smallest absolute Gasteiger partial charge is 0.224 e. The second-order valence-electron chi connectivity index (χ2n) is 5.45. The highest BCUT2D eigenvalue weighted by molar-refractivity contribution is 9.10. The molecule has 0 unspecified atom stereocenters. The molecule has 2 aromatic rings. The average Bonchev–Trinajstić information content (AvgIpc) is 2.61. The number of nitrogens with one attached hydrogen (secondary N) is 2. The van der Waals surface area contributed by atoms with Crippen LogP contribution in [-0.4, -0.2) is 28.6 Å². The Morgan fingerprint density at radius 1 is 1.08 bits per heavy atom. The summed E-state index contributed by atoms with van der Waals surface area (Å²) in [4.78, 5) is 39.9. The third-order valence-electron chi connectivity index (χ3n) is 3.42. The van der Waals surface area contributed by atoms with Crippen LogP contribution in [0.4, 0.5) is 5.69 Å². The number of rotatable bonds is 7. The molecule has 0 spiro atoms. The maximum Gasteiger partial charge on any atom is 0.224 e. The van der Waals surface area contributed by atoms with Gasteiger partial charge in [-0.05, 0) is 31.2 Å². The van der Waals surface area contributed by atoms with E-state index in [1.807, 2.05) is 0 Å². The Kier molecular flexibility index (Phi) is 6.82. The van der Waals surface area contributed by atoms with Crippen LogP contribution in [0.25, 0.3) is 0 Å². The van der Waals surface area contributed by atoms with Crippen molar-refractivity contribution in [2.24, 2.45) is 0 Å². The van der Waals surface area contributed by atoms with E-state index in [1.165, 1.54) is 6.20 Å². The molecule has 25 heavy (non-hydrogen) atoms. The lowest BCUT2D eigenvalue weighted by molar-refractivity contribution is -0.124. The minimum absolute atomic E-state index is 0.00402. The van der Waals surface area contributed by atoms with Crippen molar-refractivity contribution in [3.05, 3.63) is 58.8 Å². The van der Waals surface area contributed by atoms with Crippen LogP contribution in [0, 0.1) is 0 Å². The van der Waals surface area contributed by atoms with Gasteiger partial charge in [-0.1, -0.05) is 28.1 Å². The molecule has 2 rings (SSSR count). The number of aromatic nitrogens is 1. The number of pyridine rings is 1. The molecule has 0 aliphatic rings. The van der Waals surface area contributed by atoms with Gasteiger partial charge < -0.3 is 10.6 Å². The summed E-state index contributed by atoms with van der Waals surface area (Å²) in [5.41, 5.74) is 1.09. The van der Waals surface area contributed by atoms with Gasteiger partial charge in [-0.25, -0.2) is 0 Å². The van der Waals surface area contributed by atoms with Gasteiger partial charge in [-0.15, -0.1) is 0 Å². The van der Waals surface area contributed by atoms with E-state index in [-0.39, 0.29) is 30.4 Å². The van der Waals surface area contributed by atoms with Crippen LogP contribution in [0.5, 0.6) is 0 Å². The number of halogens is 1. The molecule has 1 aromatic carbocycles. The first-order valence-corrected chi connectivity index (χ1v) is 8.54. The molecule has 0 radical (unpaired) electrons. The largest absolute Gasteiger partial charge is 0.346 e. The number of hydrogen-bond donors (Lipinski definition) is 2. The van der Waals surface area contributed by atoms with E-state index in [0.29, 0.717) is 11.3 Å². The summed E-state index contributed by atoms with van der Waals surface area (Å²) in [6.07, 6.45) is 3.16. The molecule has 7 heteroatoms. The number of Topliss-reactive ketones (excluding diaryl/α,β-unsaturated/α-hetero) is 1. The molecule has 2 amide bonds. The maximum absolute atomic E-state index is 12.3. The van der Waals surface area contributed by atoms with E-state index >= 15 is 0 Å². The zero-order valence-electron chi connectivity index (χ0n) is 13.7. The molecule has 0 fully saturated rings. The molecule has 0 aliphatic carbocycles. The Balaban J connectivity index is 1.78. The molecule has 0 saturated heterocycles. The maximum atomic E-state index is 12.3. The fraction of sp³-hybridized carbons (Fsp3) is 0.222. The van der Waals surface area contributed by atoms with Crippen molar-refractivity contribution >= 4 is 39.2 Å². The van der Waals surface area contributed by atoms with Crippen LogP contribution >= 0.6 is 15.9 Å². The lowest BCUT2D eigenvalue weighted by Crippen LogP contribution is -2.38. The summed E-state index contributed by atoms with van der Waals surface area (Å²) in [5, 5.41) is 5.27. The zero-order chi connectivity index (χ0) is 18.2. The highest BCUT2D eigenvalue weighted by atomic mass is 79.9. The third-order valence-corrected chi connectivity index (χ3v) is 3.95. The predicted molar refractivity (Wildman–Crippen MR) is 98.2 cm³/mol. The number of amides is 2. The second kappa shape index (κ2) is 9.08. The highest BCUT2D eigenvalue weighted by Crippen LogP contribution is 2.12. The van der Waals surface area contributed by atoms with Gasteiger partial charge >= 0.3 is 0 Å². The summed E-state index contributed by atoms with van der Waals surface area (Å²) >= 11 is 3.31. The molecule has 1 aromatic heterocycles. The van der Waals surface area contributed by atoms with Gasteiger partial charge in [0.05, 0.1) is 17.9 Å². The molecule has 130 valence electrons. The Hall–Kier alpha value is -2.54. The summed E-state index contributed by atoms with van der Waals surface area (Å²) in [5.74, 6) is -0.810. The number of benzene rings is 1. The van der Waals surface area contributed by atoms with Gasteiger partial charge in [0, 0.05) is 29.1 Å². The van der Waals surface area contributed by atoms with Gasteiger partial charge in [0.15, 0.2) is 5.78 Å². The molecule has 6 nitrogen and oxygen atoms in total. The quantitative estimate of drug-likeness (QED) is 0.695. The van der Waals surface area contributed by atoms with Gasteiger partial charge in [-0.2, -0.15) is 0 Å². The number of nitrogens with zero attached hydrogens (tertiary/aromatic N) is 1. The number of ketones is 1. The summed E-state index contributed by atoms with van der Waals surface area (Å²) in [7, 11) is 0. The van der Waals surface area contributed by atoms with Crippen molar-refractivity contribution in [2.45, 2.75) is 25.8 Å². The SMILES string of the molecule is C[C@H](NC(=O)CCC(=O)Nc1cccnc1)C(=O)c1ccc(Br)cc1.